The maximum Gasteiger partial charge on any atom is 0.302 e. The largest absolute Gasteiger partial charge is 0.465 e. The number of esters is 1. The molecular formula is C23H30O4. The van der Waals surface area contributed by atoms with Crippen LogP contribution in [-0.2, 0) is 14.3 Å². The van der Waals surface area contributed by atoms with Gasteiger partial charge in [-0.25, -0.2) is 0 Å². The van der Waals surface area contributed by atoms with Crippen molar-refractivity contribution in [2.75, 3.05) is 6.61 Å². The number of ether oxygens (including phenoxy) is 1. The number of carbonyl (C=O) groups excluding carboxylic acids is 2. The average Bonchev–Trinajstić information content (AvgIpc) is 2.92. The first-order valence-electron chi connectivity index (χ1n) is 10.3. The maximum atomic E-state index is 12.1. The Kier molecular flexibility index (Phi) is 4.31. The average molecular weight is 370 g/mol. The SMILES string of the molecule is C#CC1(O)CC[C@H]2[C@@H]3CCC4=CC(=O)CC[C@]4(COC(C)=O)[C@@H]3CC[C@@]21C. The lowest BCUT2D eigenvalue weighted by Crippen LogP contribution is -2.56. The molecule has 0 spiro atoms. The molecule has 4 nitrogen and oxygen atoms in total. The number of aliphatic hydroxyl groups is 1. The number of rotatable bonds is 2. The molecule has 4 aliphatic rings. The fourth-order valence-corrected chi connectivity index (χ4v) is 7.12. The highest BCUT2D eigenvalue weighted by molar-refractivity contribution is 5.91. The standard InChI is InChI=1S/C23H30O4/c1-4-23(26)12-9-19-18-6-5-16-13-17(25)7-11-22(16,14-27-15(2)24)20(18)8-10-21(19,23)3/h1,13,18-20,26H,5-12,14H2,2-3H3/t18-,19-,20+,21-,22+,23?/m0/s1. The molecule has 4 heteroatoms. The van der Waals surface area contributed by atoms with Crippen molar-refractivity contribution in [1.29, 1.82) is 0 Å². The van der Waals surface area contributed by atoms with E-state index in [1.165, 1.54) is 12.5 Å². The Hall–Kier alpha value is -1.60. The van der Waals surface area contributed by atoms with Gasteiger partial charge in [-0.05, 0) is 68.8 Å². The van der Waals surface area contributed by atoms with Crippen LogP contribution in [-0.4, -0.2) is 29.1 Å². The molecule has 0 aliphatic heterocycles. The Balaban J connectivity index is 1.71. The van der Waals surface area contributed by atoms with Crippen molar-refractivity contribution in [3.63, 3.8) is 0 Å². The highest BCUT2D eigenvalue weighted by Gasteiger charge is 2.64. The summed E-state index contributed by atoms with van der Waals surface area (Å²) in [5, 5.41) is 11.1. The first-order valence-corrected chi connectivity index (χ1v) is 10.3. The highest BCUT2D eigenvalue weighted by atomic mass is 16.5. The summed E-state index contributed by atoms with van der Waals surface area (Å²) < 4.78 is 5.55. The van der Waals surface area contributed by atoms with Gasteiger partial charge in [-0.1, -0.05) is 18.4 Å². The summed E-state index contributed by atoms with van der Waals surface area (Å²) in [6, 6.07) is 0. The van der Waals surface area contributed by atoms with Crippen LogP contribution >= 0.6 is 0 Å². The van der Waals surface area contributed by atoms with Crippen LogP contribution < -0.4 is 0 Å². The van der Waals surface area contributed by atoms with Crippen LogP contribution in [0.25, 0.3) is 0 Å². The number of hydrogen-bond acceptors (Lipinski definition) is 4. The molecule has 6 atom stereocenters. The molecule has 0 heterocycles. The number of ketones is 1. The fraction of sp³-hybridized carbons (Fsp3) is 0.739. The van der Waals surface area contributed by atoms with Crippen LogP contribution in [0.3, 0.4) is 0 Å². The molecule has 146 valence electrons. The van der Waals surface area contributed by atoms with Crippen LogP contribution in [0.1, 0.15) is 65.2 Å². The summed E-state index contributed by atoms with van der Waals surface area (Å²) in [4.78, 5) is 23.7. The van der Waals surface area contributed by atoms with E-state index in [9.17, 15) is 14.7 Å². The second kappa shape index (κ2) is 6.21. The van der Waals surface area contributed by atoms with Gasteiger partial charge in [-0.2, -0.15) is 0 Å². The summed E-state index contributed by atoms with van der Waals surface area (Å²) >= 11 is 0. The first kappa shape index (κ1) is 18.7. The van der Waals surface area contributed by atoms with E-state index in [2.05, 4.69) is 12.8 Å². The summed E-state index contributed by atoms with van der Waals surface area (Å²) in [6.07, 6.45) is 14.3. The molecule has 3 fully saturated rings. The molecule has 0 bridgehead atoms. The van der Waals surface area contributed by atoms with Gasteiger partial charge in [0.25, 0.3) is 0 Å². The summed E-state index contributed by atoms with van der Waals surface area (Å²) in [5.41, 5.74) is -0.266. The van der Waals surface area contributed by atoms with E-state index in [-0.39, 0.29) is 22.6 Å². The van der Waals surface area contributed by atoms with Crippen LogP contribution in [0.5, 0.6) is 0 Å². The van der Waals surface area contributed by atoms with Crippen molar-refractivity contribution >= 4 is 11.8 Å². The lowest BCUT2D eigenvalue weighted by atomic mass is 9.46. The predicted octanol–water partition coefficient (Wildman–Crippen LogP) is 3.43. The lowest BCUT2D eigenvalue weighted by molar-refractivity contribution is -0.152. The van der Waals surface area contributed by atoms with Crippen molar-refractivity contribution in [3.8, 4) is 12.3 Å². The van der Waals surface area contributed by atoms with Gasteiger partial charge in [0, 0.05) is 24.2 Å². The van der Waals surface area contributed by atoms with E-state index in [1.54, 1.807) is 0 Å². The molecule has 1 N–H and O–H groups in total. The number of terminal acetylenes is 1. The number of carbonyl (C=O) groups is 2. The molecule has 4 aliphatic carbocycles. The van der Waals surface area contributed by atoms with Crippen LogP contribution in [0, 0.1) is 40.9 Å². The van der Waals surface area contributed by atoms with E-state index < -0.39 is 5.60 Å². The number of fused-ring (bicyclic) bond motifs is 5. The molecule has 3 saturated carbocycles. The second-order valence-electron chi connectivity index (χ2n) is 9.49. The van der Waals surface area contributed by atoms with Gasteiger partial charge in [0.1, 0.15) is 12.2 Å². The topological polar surface area (TPSA) is 63.6 Å². The van der Waals surface area contributed by atoms with E-state index in [4.69, 9.17) is 11.2 Å². The molecule has 0 radical (unpaired) electrons. The van der Waals surface area contributed by atoms with Crippen molar-refractivity contribution in [1.82, 2.24) is 0 Å². The monoisotopic (exact) mass is 370 g/mol. The third-order valence-corrected chi connectivity index (χ3v) is 8.61. The molecular weight excluding hydrogens is 340 g/mol. The highest BCUT2D eigenvalue weighted by Crippen LogP contribution is 2.67. The predicted molar refractivity (Wildman–Crippen MR) is 101 cm³/mol. The maximum absolute atomic E-state index is 12.1. The Morgan fingerprint density at radius 3 is 2.70 bits per heavy atom. The summed E-state index contributed by atoms with van der Waals surface area (Å²) in [6.45, 7) is 4.01. The van der Waals surface area contributed by atoms with Crippen molar-refractivity contribution in [2.24, 2.45) is 28.6 Å². The van der Waals surface area contributed by atoms with Crippen molar-refractivity contribution < 1.29 is 19.4 Å². The third-order valence-electron chi connectivity index (χ3n) is 8.61. The zero-order valence-corrected chi connectivity index (χ0v) is 16.4. The Bertz CT molecular complexity index is 746. The molecule has 27 heavy (non-hydrogen) atoms. The normalized spacial score (nSPS) is 45.8. The van der Waals surface area contributed by atoms with Gasteiger partial charge in [0.05, 0.1) is 0 Å². The Morgan fingerprint density at radius 1 is 1.26 bits per heavy atom. The number of hydrogen-bond donors (Lipinski definition) is 1. The van der Waals surface area contributed by atoms with E-state index >= 15 is 0 Å². The minimum atomic E-state index is -1.01. The zero-order valence-electron chi connectivity index (χ0n) is 16.4. The lowest BCUT2D eigenvalue weighted by Gasteiger charge is -2.59. The smallest absolute Gasteiger partial charge is 0.302 e. The van der Waals surface area contributed by atoms with Crippen molar-refractivity contribution in [2.45, 2.75) is 70.8 Å². The zero-order chi connectivity index (χ0) is 19.4. The third kappa shape index (κ3) is 2.54. The van der Waals surface area contributed by atoms with E-state index in [0.29, 0.717) is 37.2 Å². The second-order valence-corrected chi connectivity index (χ2v) is 9.49. The molecule has 4 rings (SSSR count). The van der Waals surface area contributed by atoms with Crippen LogP contribution in [0.15, 0.2) is 11.6 Å². The molecule has 0 saturated heterocycles. The van der Waals surface area contributed by atoms with Crippen LogP contribution in [0.2, 0.25) is 0 Å². The van der Waals surface area contributed by atoms with Gasteiger partial charge in [-0.15, -0.1) is 6.42 Å². The van der Waals surface area contributed by atoms with E-state index in [1.807, 2.05) is 6.08 Å². The fourth-order valence-electron chi connectivity index (χ4n) is 7.12. The minimum absolute atomic E-state index is 0.199. The van der Waals surface area contributed by atoms with Gasteiger partial charge >= 0.3 is 5.97 Å². The van der Waals surface area contributed by atoms with Crippen molar-refractivity contribution in [3.05, 3.63) is 11.6 Å². The van der Waals surface area contributed by atoms with Gasteiger partial charge < -0.3 is 9.84 Å². The summed E-state index contributed by atoms with van der Waals surface area (Å²) in [5.74, 6) is 3.91. The molecule has 0 aromatic rings. The Morgan fingerprint density at radius 2 is 2.00 bits per heavy atom. The molecule has 0 aromatic heterocycles. The molecule has 0 amide bonds. The summed E-state index contributed by atoms with van der Waals surface area (Å²) in [7, 11) is 0. The first-order chi connectivity index (χ1) is 12.8. The molecule has 1 unspecified atom stereocenters. The molecule has 0 aromatic carbocycles. The minimum Gasteiger partial charge on any atom is -0.465 e. The quantitative estimate of drug-likeness (QED) is 0.597. The van der Waals surface area contributed by atoms with E-state index in [0.717, 1.165) is 38.5 Å². The van der Waals surface area contributed by atoms with Gasteiger partial charge in [0.2, 0.25) is 0 Å². The van der Waals surface area contributed by atoms with Gasteiger partial charge in [0.15, 0.2) is 5.78 Å². The Labute approximate surface area is 161 Å². The van der Waals surface area contributed by atoms with Crippen LogP contribution in [0.4, 0.5) is 0 Å². The van der Waals surface area contributed by atoms with Gasteiger partial charge in [-0.3, -0.25) is 9.59 Å².